The van der Waals surface area contributed by atoms with E-state index < -0.39 is 23.6 Å². The largest absolute Gasteiger partial charge is 0.464 e. The van der Waals surface area contributed by atoms with E-state index >= 15 is 0 Å². The quantitative estimate of drug-likeness (QED) is 0.745. The van der Waals surface area contributed by atoms with Crippen molar-refractivity contribution in [2.24, 2.45) is 5.92 Å². The number of aliphatic hydroxyl groups is 1. The van der Waals surface area contributed by atoms with E-state index in [0.717, 1.165) is 5.56 Å². The molecule has 0 aromatic heterocycles. The predicted octanol–water partition coefficient (Wildman–Crippen LogP) is 2.11. The van der Waals surface area contributed by atoms with Crippen LogP contribution in [-0.2, 0) is 25.7 Å². The van der Waals surface area contributed by atoms with Crippen LogP contribution in [0.5, 0.6) is 0 Å². The van der Waals surface area contributed by atoms with Crippen LogP contribution in [0.15, 0.2) is 30.3 Å². The summed E-state index contributed by atoms with van der Waals surface area (Å²) in [5.41, 5.74) is -0.913. The van der Waals surface area contributed by atoms with Gasteiger partial charge in [0.15, 0.2) is 11.4 Å². The van der Waals surface area contributed by atoms with Crippen molar-refractivity contribution in [3.63, 3.8) is 0 Å². The Kier molecular flexibility index (Phi) is 6.71. The molecule has 0 amide bonds. The molecule has 0 radical (unpaired) electrons. The van der Waals surface area contributed by atoms with Crippen molar-refractivity contribution in [3.05, 3.63) is 35.9 Å². The fourth-order valence-corrected chi connectivity index (χ4v) is 1.96. The van der Waals surface area contributed by atoms with Crippen LogP contribution >= 0.6 is 0 Å². The lowest BCUT2D eigenvalue weighted by atomic mass is 9.85. The van der Waals surface area contributed by atoms with E-state index in [2.05, 4.69) is 0 Å². The van der Waals surface area contributed by atoms with Crippen LogP contribution in [0.1, 0.15) is 33.3 Å². The number of hydrogen-bond donors (Lipinski definition) is 1. The molecule has 1 N–H and O–H groups in total. The summed E-state index contributed by atoms with van der Waals surface area (Å²) >= 11 is 0. The van der Waals surface area contributed by atoms with Gasteiger partial charge in [-0.2, -0.15) is 0 Å². The van der Waals surface area contributed by atoms with Gasteiger partial charge in [-0.05, 0) is 26.3 Å². The molecule has 0 bridgehead atoms. The minimum atomic E-state index is -1.86. The van der Waals surface area contributed by atoms with E-state index in [-0.39, 0.29) is 12.4 Å². The summed E-state index contributed by atoms with van der Waals surface area (Å²) in [6, 6.07) is 9.47. The van der Waals surface area contributed by atoms with Gasteiger partial charge in [-0.3, -0.25) is 4.79 Å². The molecule has 22 heavy (non-hydrogen) atoms. The second-order valence-electron chi connectivity index (χ2n) is 5.43. The zero-order chi connectivity index (χ0) is 16.8. The normalized spacial score (nSPS) is 16.4. The van der Waals surface area contributed by atoms with Crippen molar-refractivity contribution in [2.45, 2.75) is 46.0 Å². The average Bonchev–Trinajstić information content (AvgIpc) is 2.52. The molecule has 5 nitrogen and oxygen atoms in total. The number of benzene rings is 1. The molecule has 0 aliphatic carbocycles. The van der Waals surface area contributed by atoms with Crippen molar-refractivity contribution >= 4 is 11.8 Å². The van der Waals surface area contributed by atoms with Crippen LogP contribution in [0.3, 0.4) is 0 Å². The van der Waals surface area contributed by atoms with Crippen molar-refractivity contribution < 1.29 is 24.2 Å². The van der Waals surface area contributed by atoms with E-state index in [1.165, 1.54) is 13.8 Å². The molecule has 122 valence electrons. The fourth-order valence-electron chi connectivity index (χ4n) is 1.96. The molecule has 0 unspecified atom stereocenters. The molecule has 0 spiro atoms. The van der Waals surface area contributed by atoms with Gasteiger partial charge >= 0.3 is 5.97 Å². The molecular weight excluding hydrogens is 284 g/mol. The zero-order valence-electron chi connectivity index (χ0n) is 13.5. The van der Waals surface area contributed by atoms with Gasteiger partial charge in [0, 0.05) is 0 Å². The molecule has 0 saturated carbocycles. The maximum absolute atomic E-state index is 12.3. The molecule has 1 rings (SSSR count). The highest BCUT2D eigenvalue weighted by Crippen LogP contribution is 2.22. The lowest BCUT2D eigenvalue weighted by Gasteiger charge is -2.28. The Morgan fingerprint density at radius 2 is 1.82 bits per heavy atom. The van der Waals surface area contributed by atoms with Crippen LogP contribution in [0.4, 0.5) is 0 Å². The maximum Gasteiger partial charge on any atom is 0.338 e. The minimum absolute atomic E-state index is 0.149. The summed E-state index contributed by atoms with van der Waals surface area (Å²) in [6.07, 6.45) is -0.726. The van der Waals surface area contributed by atoms with Gasteiger partial charge in [-0.1, -0.05) is 37.3 Å². The molecule has 1 aromatic rings. The predicted molar refractivity (Wildman–Crippen MR) is 82.1 cm³/mol. The highest BCUT2D eigenvalue weighted by Gasteiger charge is 2.43. The molecule has 3 atom stereocenters. The summed E-state index contributed by atoms with van der Waals surface area (Å²) in [6.45, 7) is 6.49. The summed E-state index contributed by atoms with van der Waals surface area (Å²) < 4.78 is 10.3. The van der Waals surface area contributed by atoms with E-state index in [1.54, 1.807) is 13.8 Å². The average molecular weight is 308 g/mol. The number of esters is 1. The van der Waals surface area contributed by atoms with Gasteiger partial charge in [0.05, 0.1) is 19.1 Å². The first-order chi connectivity index (χ1) is 10.3. The molecule has 1 aromatic carbocycles. The number of Topliss-reactive ketones (excluding diaryl/α,β-unsaturated/α-hetero) is 1. The first kappa shape index (κ1) is 18.3. The maximum atomic E-state index is 12.3. The Bertz CT molecular complexity index is 495. The number of ketones is 1. The second-order valence-corrected chi connectivity index (χ2v) is 5.43. The van der Waals surface area contributed by atoms with Crippen molar-refractivity contribution in [2.75, 3.05) is 6.61 Å². The van der Waals surface area contributed by atoms with Crippen molar-refractivity contribution in [3.8, 4) is 0 Å². The van der Waals surface area contributed by atoms with Crippen molar-refractivity contribution in [1.29, 1.82) is 0 Å². The summed E-state index contributed by atoms with van der Waals surface area (Å²) in [4.78, 5) is 24.1. The van der Waals surface area contributed by atoms with E-state index in [1.807, 2.05) is 30.3 Å². The fraction of sp³-hybridized carbons (Fsp3) is 0.529. The Hall–Kier alpha value is -1.72. The van der Waals surface area contributed by atoms with E-state index in [9.17, 15) is 14.7 Å². The molecule has 0 aliphatic rings. The number of ether oxygens (including phenoxy) is 2. The van der Waals surface area contributed by atoms with Gasteiger partial charge in [0.1, 0.15) is 6.10 Å². The van der Waals surface area contributed by atoms with Crippen LogP contribution in [-0.4, -0.2) is 35.2 Å². The minimum Gasteiger partial charge on any atom is -0.464 e. The number of rotatable bonds is 8. The number of carbonyl (C=O) groups excluding carboxylic acids is 2. The summed E-state index contributed by atoms with van der Waals surface area (Å²) in [5, 5.41) is 10.2. The Morgan fingerprint density at radius 3 is 2.36 bits per heavy atom. The van der Waals surface area contributed by atoms with Crippen LogP contribution < -0.4 is 0 Å². The summed E-state index contributed by atoms with van der Waals surface area (Å²) in [5.74, 6) is -2.06. The van der Waals surface area contributed by atoms with Gasteiger partial charge in [0.25, 0.3) is 0 Å². The van der Waals surface area contributed by atoms with Crippen LogP contribution in [0.2, 0.25) is 0 Å². The number of hydrogen-bond acceptors (Lipinski definition) is 5. The third-order valence-corrected chi connectivity index (χ3v) is 3.70. The van der Waals surface area contributed by atoms with Crippen LogP contribution in [0.25, 0.3) is 0 Å². The molecule has 5 heteroatoms. The standard InChI is InChI=1S/C17H24O5/c1-5-21-16(19)17(4,20)12(2)15(18)13(3)22-11-14-9-7-6-8-10-14/h6-10,12-13,20H,5,11H2,1-4H3/t12-,13+,17-/m1/s1. The molecule has 0 saturated heterocycles. The zero-order valence-corrected chi connectivity index (χ0v) is 13.5. The van der Waals surface area contributed by atoms with Gasteiger partial charge < -0.3 is 14.6 Å². The lowest BCUT2D eigenvalue weighted by Crippen LogP contribution is -2.48. The first-order valence-electron chi connectivity index (χ1n) is 7.39. The third kappa shape index (κ3) is 4.64. The monoisotopic (exact) mass is 308 g/mol. The molecule has 0 aliphatic heterocycles. The summed E-state index contributed by atoms with van der Waals surface area (Å²) in [7, 11) is 0. The van der Waals surface area contributed by atoms with Crippen LogP contribution in [0, 0.1) is 5.92 Å². The first-order valence-corrected chi connectivity index (χ1v) is 7.39. The van der Waals surface area contributed by atoms with E-state index in [4.69, 9.17) is 9.47 Å². The molecular formula is C17H24O5. The van der Waals surface area contributed by atoms with Gasteiger partial charge in [-0.25, -0.2) is 4.79 Å². The Labute approximate surface area is 131 Å². The van der Waals surface area contributed by atoms with Crippen molar-refractivity contribution in [1.82, 2.24) is 0 Å². The van der Waals surface area contributed by atoms with Gasteiger partial charge in [0.2, 0.25) is 0 Å². The lowest BCUT2D eigenvalue weighted by molar-refractivity contribution is -0.172. The SMILES string of the molecule is CCOC(=O)[C@](C)(O)[C@H](C)C(=O)[C@H](C)OCc1ccccc1. The number of carbonyl (C=O) groups is 2. The third-order valence-electron chi connectivity index (χ3n) is 3.70. The highest BCUT2D eigenvalue weighted by molar-refractivity contribution is 5.92. The molecule has 0 heterocycles. The Morgan fingerprint density at radius 1 is 1.23 bits per heavy atom. The Balaban J connectivity index is 2.63. The topological polar surface area (TPSA) is 72.8 Å². The molecule has 0 fully saturated rings. The van der Waals surface area contributed by atoms with Gasteiger partial charge in [-0.15, -0.1) is 0 Å². The highest BCUT2D eigenvalue weighted by atomic mass is 16.5. The van der Waals surface area contributed by atoms with E-state index in [0.29, 0.717) is 6.61 Å². The second kappa shape index (κ2) is 8.06. The smallest absolute Gasteiger partial charge is 0.338 e.